The first-order valence-electron chi connectivity index (χ1n) is 6.06. The van der Waals surface area contributed by atoms with Crippen LogP contribution in [0.4, 0.5) is 11.4 Å². The number of carboxylic acid groups (broad SMARTS) is 2. The monoisotopic (exact) mass is 284 g/mol. The fraction of sp³-hybridized carbons (Fsp3) is 0.0667. The number of carbonyl (C=O) groups is 2. The van der Waals surface area contributed by atoms with E-state index in [1.54, 1.807) is 12.1 Å². The highest BCUT2D eigenvalue weighted by Gasteiger charge is 2.11. The Hall–Kier alpha value is -3.02. The van der Waals surface area contributed by atoms with Crippen LogP contribution in [0.5, 0.6) is 0 Å². The number of hydrogen-bond donors (Lipinski definition) is 2. The van der Waals surface area contributed by atoms with Crippen molar-refractivity contribution in [2.45, 2.75) is 6.92 Å². The Morgan fingerprint density at radius 3 is 1.76 bits per heavy atom. The molecule has 0 radical (unpaired) electrons. The van der Waals surface area contributed by atoms with E-state index in [0.29, 0.717) is 5.69 Å². The summed E-state index contributed by atoms with van der Waals surface area (Å²) in [6.07, 6.45) is 0. The molecule has 2 rings (SSSR count). The largest absolute Gasteiger partial charge is 0.478 e. The van der Waals surface area contributed by atoms with E-state index < -0.39 is 11.9 Å². The molecule has 21 heavy (non-hydrogen) atoms. The van der Waals surface area contributed by atoms with Gasteiger partial charge in [0.1, 0.15) is 0 Å². The fourth-order valence-electron chi connectivity index (χ4n) is 1.64. The summed E-state index contributed by atoms with van der Waals surface area (Å²) in [7, 11) is 0. The molecule has 0 amide bonds. The maximum Gasteiger partial charge on any atom is 0.335 e. The van der Waals surface area contributed by atoms with Crippen LogP contribution in [-0.4, -0.2) is 22.2 Å². The van der Waals surface area contributed by atoms with Crippen LogP contribution in [0.2, 0.25) is 0 Å². The van der Waals surface area contributed by atoms with Crippen LogP contribution in [0.3, 0.4) is 0 Å². The van der Waals surface area contributed by atoms with Crippen LogP contribution < -0.4 is 0 Å². The second-order valence-electron chi connectivity index (χ2n) is 4.41. The van der Waals surface area contributed by atoms with Gasteiger partial charge in [0.2, 0.25) is 0 Å². The molecule has 0 spiro atoms. The summed E-state index contributed by atoms with van der Waals surface area (Å²) in [4.78, 5) is 21.9. The molecule has 2 aromatic carbocycles. The van der Waals surface area contributed by atoms with Gasteiger partial charge in [0.15, 0.2) is 0 Å². The van der Waals surface area contributed by atoms with Crippen molar-refractivity contribution in [3.63, 3.8) is 0 Å². The number of benzene rings is 2. The van der Waals surface area contributed by atoms with Crippen LogP contribution in [0.1, 0.15) is 26.3 Å². The second kappa shape index (κ2) is 5.96. The lowest BCUT2D eigenvalue weighted by molar-refractivity contribution is 0.0696. The lowest BCUT2D eigenvalue weighted by Crippen LogP contribution is -2.01. The molecule has 106 valence electrons. The van der Waals surface area contributed by atoms with E-state index in [1.807, 2.05) is 19.1 Å². The quantitative estimate of drug-likeness (QED) is 0.834. The number of nitrogens with zero attached hydrogens (tertiary/aromatic N) is 2. The topological polar surface area (TPSA) is 99.3 Å². The van der Waals surface area contributed by atoms with Crippen molar-refractivity contribution in [2.75, 3.05) is 0 Å². The van der Waals surface area contributed by atoms with Crippen molar-refractivity contribution >= 4 is 23.3 Å². The average molecular weight is 284 g/mol. The van der Waals surface area contributed by atoms with E-state index in [-0.39, 0.29) is 16.8 Å². The van der Waals surface area contributed by atoms with Gasteiger partial charge in [-0.1, -0.05) is 17.7 Å². The number of aromatic carboxylic acids is 2. The molecule has 0 unspecified atom stereocenters. The summed E-state index contributed by atoms with van der Waals surface area (Å²) in [6.45, 7) is 1.94. The Morgan fingerprint density at radius 1 is 0.810 bits per heavy atom. The number of aryl methyl sites for hydroxylation is 1. The summed E-state index contributed by atoms with van der Waals surface area (Å²) in [5.41, 5.74) is 1.56. The Balaban J connectivity index is 2.36. The van der Waals surface area contributed by atoms with Gasteiger partial charge in [0.25, 0.3) is 0 Å². The summed E-state index contributed by atoms with van der Waals surface area (Å²) >= 11 is 0. The van der Waals surface area contributed by atoms with E-state index in [4.69, 9.17) is 10.2 Å². The molecule has 2 aromatic rings. The number of hydrogen-bond acceptors (Lipinski definition) is 4. The predicted octanol–water partition coefficient (Wildman–Crippen LogP) is 3.81. The van der Waals surface area contributed by atoms with E-state index >= 15 is 0 Å². The van der Waals surface area contributed by atoms with Crippen molar-refractivity contribution in [1.29, 1.82) is 0 Å². The van der Waals surface area contributed by atoms with E-state index in [1.165, 1.54) is 12.1 Å². The van der Waals surface area contributed by atoms with Crippen molar-refractivity contribution in [2.24, 2.45) is 10.2 Å². The predicted molar refractivity (Wildman–Crippen MR) is 75.7 cm³/mol. The highest BCUT2D eigenvalue weighted by Crippen LogP contribution is 2.22. The number of carboxylic acids is 2. The molecule has 0 atom stereocenters. The number of rotatable bonds is 4. The van der Waals surface area contributed by atoms with Gasteiger partial charge in [-0.3, -0.25) is 0 Å². The van der Waals surface area contributed by atoms with Crippen LogP contribution >= 0.6 is 0 Å². The van der Waals surface area contributed by atoms with Gasteiger partial charge in [-0.15, -0.1) is 0 Å². The highest BCUT2D eigenvalue weighted by molar-refractivity contribution is 5.95. The minimum Gasteiger partial charge on any atom is -0.478 e. The van der Waals surface area contributed by atoms with Crippen molar-refractivity contribution in [3.05, 3.63) is 59.2 Å². The first kappa shape index (κ1) is 14.4. The molecule has 0 aliphatic rings. The summed E-state index contributed by atoms with van der Waals surface area (Å²) in [5.74, 6) is -2.44. The van der Waals surface area contributed by atoms with Crippen LogP contribution in [-0.2, 0) is 0 Å². The first-order chi connectivity index (χ1) is 9.95. The first-order valence-corrected chi connectivity index (χ1v) is 6.06. The molecule has 0 fully saturated rings. The third-order valence-corrected chi connectivity index (χ3v) is 2.73. The van der Waals surface area contributed by atoms with Gasteiger partial charge in [0.05, 0.1) is 22.5 Å². The van der Waals surface area contributed by atoms with Gasteiger partial charge >= 0.3 is 11.9 Å². The van der Waals surface area contributed by atoms with Crippen LogP contribution in [0, 0.1) is 6.92 Å². The van der Waals surface area contributed by atoms with Gasteiger partial charge in [0, 0.05) is 0 Å². The molecule has 0 aliphatic carbocycles. The Kier molecular flexibility index (Phi) is 4.08. The summed E-state index contributed by atoms with van der Waals surface area (Å²) in [6, 6.07) is 10.9. The van der Waals surface area contributed by atoms with Gasteiger partial charge in [-0.2, -0.15) is 10.2 Å². The minimum absolute atomic E-state index is 0.146. The molecule has 0 heterocycles. The van der Waals surface area contributed by atoms with Crippen LogP contribution in [0.15, 0.2) is 52.7 Å². The van der Waals surface area contributed by atoms with Gasteiger partial charge < -0.3 is 10.2 Å². The Labute approximate surface area is 120 Å². The van der Waals surface area contributed by atoms with Crippen molar-refractivity contribution in [1.82, 2.24) is 0 Å². The summed E-state index contributed by atoms with van der Waals surface area (Å²) < 4.78 is 0. The van der Waals surface area contributed by atoms with E-state index in [0.717, 1.165) is 11.6 Å². The molecule has 0 aromatic heterocycles. The van der Waals surface area contributed by atoms with Gasteiger partial charge in [-0.05, 0) is 37.3 Å². The van der Waals surface area contributed by atoms with E-state index in [9.17, 15) is 9.59 Å². The highest BCUT2D eigenvalue weighted by atomic mass is 16.4. The minimum atomic E-state index is -1.22. The Bertz CT molecular complexity index is 689. The fourth-order valence-corrected chi connectivity index (χ4v) is 1.64. The zero-order valence-corrected chi connectivity index (χ0v) is 11.1. The average Bonchev–Trinajstić information content (AvgIpc) is 2.46. The summed E-state index contributed by atoms with van der Waals surface area (Å²) in [5, 5.41) is 25.8. The third-order valence-electron chi connectivity index (χ3n) is 2.73. The van der Waals surface area contributed by atoms with E-state index in [2.05, 4.69) is 10.2 Å². The maximum absolute atomic E-state index is 11.0. The molecule has 0 saturated carbocycles. The maximum atomic E-state index is 11.0. The molecule has 2 N–H and O–H groups in total. The zero-order chi connectivity index (χ0) is 15.4. The molecule has 6 heteroatoms. The second-order valence-corrected chi connectivity index (χ2v) is 4.41. The zero-order valence-electron chi connectivity index (χ0n) is 11.1. The normalized spacial score (nSPS) is 10.7. The third kappa shape index (κ3) is 3.73. The molecular formula is C15H12N2O4. The lowest BCUT2D eigenvalue weighted by atomic mass is 10.1. The molecule has 0 aliphatic heterocycles. The molecular weight excluding hydrogens is 272 g/mol. The van der Waals surface area contributed by atoms with Gasteiger partial charge in [-0.25, -0.2) is 9.59 Å². The smallest absolute Gasteiger partial charge is 0.335 e. The van der Waals surface area contributed by atoms with Crippen molar-refractivity contribution in [3.8, 4) is 0 Å². The molecule has 6 nitrogen and oxygen atoms in total. The molecule has 0 saturated heterocycles. The Morgan fingerprint density at radius 2 is 1.29 bits per heavy atom. The van der Waals surface area contributed by atoms with Crippen molar-refractivity contribution < 1.29 is 19.8 Å². The lowest BCUT2D eigenvalue weighted by Gasteiger charge is -2.00. The molecule has 0 bridgehead atoms. The number of azo groups is 1. The van der Waals surface area contributed by atoms with Crippen LogP contribution in [0.25, 0.3) is 0 Å². The standard InChI is InChI=1S/C15H12N2O4/c1-9-2-4-12(5-3-9)16-17-13-7-10(14(18)19)6-11(8-13)15(20)21/h2-8H,1H3,(H,18,19)(H,20,21). The SMILES string of the molecule is Cc1ccc(N=Nc2cc(C(=O)O)cc(C(=O)O)c2)cc1.